The summed E-state index contributed by atoms with van der Waals surface area (Å²) in [5, 5.41) is 2.74. The van der Waals surface area contributed by atoms with E-state index in [1.54, 1.807) is 0 Å². The van der Waals surface area contributed by atoms with Gasteiger partial charge in [0.1, 0.15) is 28.0 Å². The summed E-state index contributed by atoms with van der Waals surface area (Å²) in [6.45, 7) is 0. The maximum absolute atomic E-state index is 6.48. The third kappa shape index (κ3) is 5.41. The second-order valence-electron chi connectivity index (χ2n) is 13.6. The predicted octanol–water partition coefficient (Wildman–Crippen LogP) is 12.5. The minimum absolute atomic E-state index is 0.555. The first kappa shape index (κ1) is 31.7. The molecule has 4 heterocycles. The van der Waals surface area contributed by atoms with Gasteiger partial charge in [-0.3, -0.25) is 0 Å². The Bertz CT molecular complexity index is 3190. The van der Waals surface area contributed by atoms with Crippen LogP contribution in [-0.4, -0.2) is 24.9 Å². The van der Waals surface area contributed by atoms with Gasteiger partial charge in [0.25, 0.3) is 0 Å². The van der Waals surface area contributed by atoms with E-state index in [-0.39, 0.29) is 0 Å². The Morgan fingerprint density at radius 1 is 0.321 bits per heavy atom. The number of para-hydroxylation sites is 1. The van der Waals surface area contributed by atoms with Crippen LogP contribution in [0.2, 0.25) is 0 Å². The van der Waals surface area contributed by atoms with Gasteiger partial charge >= 0.3 is 0 Å². The van der Waals surface area contributed by atoms with Gasteiger partial charge in [-0.05, 0) is 53.6 Å². The van der Waals surface area contributed by atoms with Gasteiger partial charge in [-0.2, -0.15) is 0 Å². The Hall–Kier alpha value is -7.77. The van der Waals surface area contributed by atoms with Crippen molar-refractivity contribution in [1.29, 1.82) is 0 Å². The summed E-state index contributed by atoms with van der Waals surface area (Å²) >= 11 is 0. The molecule has 0 atom stereocenters. The number of benzene rings is 7. The number of nitrogens with zero attached hydrogens (tertiary/aromatic N) is 5. The molecule has 0 aliphatic rings. The Labute approximate surface area is 320 Å². The van der Waals surface area contributed by atoms with Crippen LogP contribution in [0.25, 0.3) is 112 Å². The van der Waals surface area contributed by atoms with Crippen molar-refractivity contribution in [1.82, 2.24) is 24.9 Å². The number of rotatable bonds is 6. The van der Waals surface area contributed by atoms with Gasteiger partial charge in [-0.1, -0.05) is 133 Å². The molecule has 7 nitrogen and oxygen atoms in total. The van der Waals surface area contributed by atoms with Crippen LogP contribution >= 0.6 is 0 Å². The summed E-state index contributed by atoms with van der Waals surface area (Å²) in [5.74, 6) is 2.33. The number of furan rings is 2. The van der Waals surface area contributed by atoms with Crippen molar-refractivity contribution in [2.75, 3.05) is 0 Å². The smallest absolute Gasteiger partial charge is 0.180 e. The minimum atomic E-state index is 0.555. The molecule has 4 aromatic heterocycles. The first-order chi connectivity index (χ1) is 27.7. The molecule has 0 fully saturated rings. The lowest BCUT2D eigenvalue weighted by Crippen LogP contribution is -2.00. The summed E-state index contributed by atoms with van der Waals surface area (Å²) < 4.78 is 13.0. The second-order valence-corrected chi connectivity index (χ2v) is 13.6. The molecule has 262 valence electrons. The lowest BCUT2D eigenvalue weighted by Gasteiger charge is -2.09. The highest BCUT2D eigenvalue weighted by atomic mass is 16.3. The molecule has 0 amide bonds. The molecule has 56 heavy (non-hydrogen) atoms. The van der Waals surface area contributed by atoms with Crippen molar-refractivity contribution in [3.63, 3.8) is 0 Å². The summed E-state index contributed by atoms with van der Waals surface area (Å²) in [5.41, 5.74) is 11.0. The number of hydrogen-bond acceptors (Lipinski definition) is 7. The zero-order valence-corrected chi connectivity index (χ0v) is 29.8. The fourth-order valence-corrected chi connectivity index (χ4v) is 7.47. The SMILES string of the molecule is c1ccc(-c2cccc(-c3nc(-c4ccc5oc6cccc(-c7nc(-c8ccccc8)nc(-c8ccccc8)n7)c6c5c4)nc4c3oc3ccccc34)c2)cc1. The van der Waals surface area contributed by atoms with Crippen molar-refractivity contribution in [3.8, 4) is 67.9 Å². The average molecular weight is 720 g/mol. The molecule has 0 bridgehead atoms. The molecule has 11 rings (SSSR count). The molecule has 7 aromatic carbocycles. The van der Waals surface area contributed by atoms with E-state index < -0.39 is 0 Å². The van der Waals surface area contributed by atoms with Gasteiger partial charge < -0.3 is 8.83 Å². The molecular weight excluding hydrogens is 691 g/mol. The third-order valence-electron chi connectivity index (χ3n) is 10.2. The van der Waals surface area contributed by atoms with E-state index >= 15 is 0 Å². The lowest BCUT2D eigenvalue weighted by atomic mass is 10.0. The fourth-order valence-electron chi connectivity index (χ4n) is 7.47. The zero-order valence-electron chi connectivity index (χ0n) is 29.8. The van der Waals surface area contributed by atoms with Crippen molar-refractivity contribution in [3.05, 3.63) is 176 Å². The summed E-state index contributed by atoms with van der Waals surface area (Å²) in [6.07, 6.45) is 0. The highest BCUT2D eigenvalue weighted by Gasteiger charge is 2.21. The van der Waals surface area contributed by atoms with Gasteiger partial charge in [0.15, 0.2) is 28.9 Å². The average Bonchev–Trinajstić information content (AvgIpc) is 3.85. The Morgan fingerprint density at radius 2 is 0.893 bits per heavy atom. The van der Waals surface area contributed by atoms with E-state index in [1.807, 2.05) is 121 Å². The molecule has 0 aliphatic carbocycles. The third-order valence-corrected chi connectivity index (χ3v) is 10.2. The van der Waals surface area contributed by atoms with E-state index in [2.05, 4.69) is 54.6 Å². The van der Waals surface area contributed by atoms with E-state index in [9.17, 15) is 0 Å². The van der Waals surface area contributed by atoms with E-state index in [0.717, 1.165) is 83.1 Å². The van der Waals surface area contributed by atoms with Crippen LogP contribution in [0.4, 0.5) is 0 Å². The monoisotopic (exact) mass is 719 g/mol. The Balaban J connectivity index is 1.12. The molecule has 0 N–H and O–H groups in total. The molecule has 11 aromatic rings. The van der Waals surface area contributed by atoms with Crippen molar-refractivity contribution >= 4 is 44.0 Å². The first-order valence-electron chi connectivity index (χ1n) is 18.4. The molecule has 0 saturated heterocycles. The van der Waals surface area contributed by atoms with Crippen molar-refractivity contribution in [2.24, 2.45) is 0 Å². The summed E-state index contributed by atoms with van der Waals surface area (Å²) in [6, 6.07) is 58.9. The molecule has 7 heteroatoms. The summed E-state index contributed by atoms with van der Waals surface area (Å²) in [7, 11) is 0. The van der Waals surface area contributed by atoms with Crippen molar-refractivity contribution < 1.29 is 8.83 Å². The van der Waals surface area contributed by atoms with Crippen LogP contribution in [0.3, 0.4) is 0 Å². The van der Waals surface area contributed by atoms with Crippen LogP contribution in [0, 0.1) is 0 Å². The maximum Gasteiger partial charge on any atom is 0.180 e. The molecule has 0 unspecified atom stereocenters. The van der Waals surface area contributed by atoms with E-state index in [1.165, 1.54) is 0 Å². The number of hydrogen-bond donors (Lipinski definition) is 0. The molecule has 0 spiro atoms. The van der Waals surface area contributed by atoms with Crippen LogP contribution < -0.4 is 0 Å². The predicted molar refractivity (Wildman–Crippen MR) is 223 cm³/mol. The van der Waals surface area contributed by atoms with Gasteiger partial charge in [-0.25, -0.2) is 24.9 Å². The topological polar surface area (TPSA) is 90.7 Å². The fraction of sp³-hybridized carbons (Fsp3) is 0. The summed E-state index contributed by atoms with van der Waals surface area (Å²) in [4.78, 5) is 25.4. The van der Waals surface area contributed by atoms with Crippen LogP contribution in [-0.2, 0) is 0 Å². The Morgan fingerprint density at radius 3 is 1.64 bits per heavy atom. The number of fused-ring (bicyclic) bond motifs is 6. The van der Waals surface area contributed by atoms with Gasteiger partial charge in [-0.15, -0.1) is 0 Å². The largest absolute Gasteiger partial charge is 0.456 e. The maximum atomic E-state index is 6.48. The Kier molecular flexibility index (Phi) is 7.35. The van der Waals surface area contributed by atoms with Gasteiger partial charge in [0, 0.05) is 44.0 Å². The van der Waals surface area contributed by atoms with Gasteiger partial charge in [0.05, 0.1) is 0 Å². The van der Waals surface area contributed by atoms with Gasteiger partial charge in [0.2, 0.25) is 0 Å². The molecule has 0 radical (unpaired) electrons. The quantitative estimate of drug-likeness (QED) is 0.169. The standard InChI is InChI=1S/C49H29N5O2/c1-4-14-30(15-5-1)33-20-12-21-34(28-33)43-45-44(36-22-10-11-24-39(36)56-45)51-48(50-43)35-26-27-40-38(29-35)42-37(23-13-25-41(42)55-40)49-53-46(31-16-6-2-7-17-31)52-47(54-49)32-18-8-3-9-19-32/h1-29H. The molecule has 0 aliphatic heterocycles. The minimum Gasteiger partial charge on any atom is -0.456 e. The van der Waals surface area contributed by atoms with Crippen LogP contribution in [0.15, 0.2) is 185 Å². The normalized spacial score (nSPS) is 11.6. The van der Waals surface area contributed by atoms with Crippen LogP contribution in [0.1, 0.15) is 0 Å². The molecule has 0 saturated carbocycles. The molecular formula is C49H29N5O2. The number of aromatic nitrogens is 5. The zero-order chi connectivity index (χ0) is 37.0. The first-order valence-corrected chi connectivity index (χ1v) is 18.4. The van der Waals surface area contributed by atoms with Crippen LogP contribution in [0.5, 0.6) is 0 Å². The van der Waals surface area contributed by atoms with E-state index in [0.29, 0.717) is 28.9 Å². The highest BCUT2D eigenvalue weighted by Crippen LogP contribution is 2.40. The highest BCUT2D eigenvalue weighted by molar-refractivity contribution is 6.13. The van der Waals surface area contributed by atoms with E-state index in [4.69, 9.17) is 33.8 Å². The second kappa shape index (κ2) is 13.0. The lowest BCUT2D eigenvalue weighted by molar-refractivity contribution is 0.667. The van der Waals surface area contributed by atoms with Crippen molar-refractivity contribution in [2.45, 2.75) is 0 Å².